The van der Waals surface area contributed by atoms with E-state index in [4.69, 9.17) is 0 Å². The van der Waals surface area contributed by atoms with E-state index in [1.807, 2.05) is 34.6 Å². The van der Waals surface area contributed by atoms with E-state index in [-0.39, 0.29) is 0 Å². The summed E-state index contributed by atoms with van der Waals surface area (Å²) >= 11 is 1.73. The SMILES string of the molecule is CC.CC.Cc1cn2c(n1)sc1ccccc12. The van der Waals surface area contributed by atoms with Crippen LogP contribution in [-0.4, -0.2) is 9.38 Å². The van der Waals surface area contributed by atoms with Crippen LogP contribution in [0.4, 0.5) is 0 Å². The van der Waals surface area contributed by atoms with Crippen LogP contribution < -0.4 is 0 Å². The number of hydrogen-bond donors (Lipinski definition) is 0. The number of hydrogen-bond acceptors (Lipinski definition) is 2. The highest BCUT2D eigenvalue weighted by Crippen LogP contribution is 2.25. The van der Waals surface area contributed by atoms with Gasteiger partial charge in [0, 0.05) is 6.20 Å². The predicted molar refractivity (Wildman–Crippen MR) is 78.0 cm³/mol. The molecule has 0 fully saturated rings. The highest BCUT2D eigenvalue weighted by molar-refractivity contribution is 7.23. The average Bonchev–Trinajstić information content (AvgIpc) is 2.90. The molecule has 2 aromatic heterocycles. The van der Waals surface area contributed by atoms with Crippen LogP contribution in [0.25, 0.3) is 15.2 Å². The Morgan fingerprint density at radius 1 is 1.06 bits per heavy atom. The number of aromatic nitrogens is 2. The van der Waals surface area contributed by atoms with Gasteiger partial charge in [-0.3, -0.25) is 4.40 Å². The van der Waals surface area contributed by atoms with Crippen LogP contribution in [0, 0.1) is 6.92 Å². The van der Waals surface area contributed by atoms with Crippen molar-refractivity contribution >= 4 is 26.5 Å². The fourth-order valence-electron chi connectivity index (χ4n) is 1.56. The quantitative estimate of drug-likeness (QED) is 0.552. The molecule has 3 rings (SSSR count). The van der Waals surface area contributed by atoms with Crippen molar-refractivity contribution in [3.63, 3.8) is 0 Å². The summed E-state index contributed by atoms with van der Waals surface area (Å²) in [6.45, 7) is 10.0. The number of fused-ring (bicyclic) bond motifs is 3. The number of thiazole rings is 1. The summed E-state index contributed by atoms with van der Waals surface area (Å²) in [4.78, 5) is 5.51. The molecule has 0 radical (unpaired) electrons. The van der Waals surface area contributed by atoms with Crippen molar-refractivity contribution in [2.75, 3.05) is 0 Å². The van der Waals surface area contributed by atoms with Crippen molar-refractivity contribution in [2.24, 2.45) is 0 Å². The number of imidazole rings is 1. The molecule has 2 nitrogen and oxygen atoms in total. The lowest BCUT2D eigenvalue weighted by atomic mass is 10.3. The van der Waals surface area contributed by atoms with Crippen molar-refractivity contribution in [1.82, 2.24) is 9.38 Å². The maximum absolute atomic E-state index is 4.43. The first-order chi connectivity index (χ1) is 8.34. The molecule has 1 aromatic carbocycles. The number of rotatable bonds is 0. The van der Waals surface area contributed by atoms with Crippen LogP contribution in [0.1, 0.15) is 33.4 Å². The molecule has 0 saturated carbocycles. The summed E-state index contributed by atoms with van der Waals surface area (Å²) in [6, 6.07) is 8.37. The standard InChI is InChI=1S/C10H8N2S.2C2H6/c1-7-6-12-8-4-2-3-5-9(8)13-10(12)11-7;2*1-2/h2-6H,1H3;2*1-2H3. The van der Waals surface area contributed by atoms with Gasteiger partial charge in [-0.2, -0.15) is 0 Å². The van der Waals surface area contributed by atoms with Crippen LogP contribution in [0.3, 0.4) is 0 Å². The Morgan fingerprint density at radius 2 is 1.71 bits per heavy atom. The zero-order valence-corrected chi connectivity index (χ0v) is 12.0. The Bertz CT molecular complexity index is 578. The number of aryl methyl sites for hydroxylation is 1. The van der Waals surface area contributed by atoms with Gasteiger partial charge in [0.15, 0.2) is 4.96 Å². The highest BCUT2D eigenvalue weighted by Gasteiger charge is 2.04. The fraction of sp³-hybridized carbons (Fsp3) is 0.357. The van der Waals surface area contributed by atoms with Crippen LogP contribution in [0.5, 0.6) is 0 Å². The van der Waals surface area contributed by atoms with E-state index in [0.29, 0.717) is 0 Å². The van der Waals surface area contributed by atoms with Crippen LogP contribution >= 0.6 is 11.3 Å². The minimum absolute atomic E-state index is 1.08. The minimum atomic E-state index is 1.08. The van der Waals surface area contributed by atoms with E-state index in [2.05, 4.69) is 39.8 Å². The summed E-state index contributed by atoms with van der Waals surface area (Å²) in [7, 11) is 0. The normalized spacial score (nSPS) is 9.47. The minimum Gasteiger partial charge on any atom is -0.290 e. The number of benzene rings is 1. The zero-order chi connectivity index (χ0) is 12.8. The molecule has 0 aliphatic rings. The summed E-state index contributed by atoms with van der Waals surface area (Å²) in [6.07, 6.45) is 2.08. The lowest BCUT2D eigenvalue weighted by Gasteiger charge is -1.87. The first-order valence-electron chi connectivity index (χ1n) is 6.18. The molecule has 0 saturated heterocycles. The van der Waals surface area contributed by atoms with Gasteiger partial charge in [-0.15, -0.1) is 0 Å². The Hall–Kier alpha value is -1.35. The predicted octanol–water partition coefficient (Wildman–Crippen LogP) is 4.91. The van der Waals surface area contributed by atoms with Crippen LogP contribution in [0.2, 0.25) is 0 Å². The molecule has 0 unspecified atom stereocenters. The second kappa shape index (κ2) is 6.40. The molecule has 0 bridgehead atoms. The van der Waals surface area contributed by atoms with Gasteiger partial charge in [0.2, 0.25) is 0 Å². The van der Waals surface area contributed by atoms with Crippen molar-refractivity contribution in [1.29, 1.82) is 0 Å². The molecule has 0 aliphatic carbocycles. The molecule has 0 amide bonds. The summed E-state index contributed by atoms with van der Waals surface area (Å²) < 4.78 is 3.44. The highest BCUT2D eigenvalue weighted by atomic mass is 32.1. The van der Waals surface area contributed by atoms with E-state index in [1.54, 1.807) is 11.3 Å². The molecule has 0 spiro atoms. The first-order valence-corrected chi connectivity index (χ1v) is 6.99. The zero-order valence-electron chi connectivity index (χ0n) is 11.2. The van der Waals surface area contributed by atoms with Crippen molar-refractivity contribution in [3.05, 3.63) is 36.2 Å². The second-order valence-electron chi connectivity index (χ2n) is 3.10. The van der Waals surface area contributed by atoms with Gasteiger partial charge in [-0.1, -0.05) is 51.2 Å². The number of para-hydroxylation sites is 1. The Kier molecular flexibility index (Phi) is 5.16. The van der Waals surface area contributed by atoms with Gasteiger partial charge in [-0.25, -0.2) is 4.98 Å². The molecule has 2 heterocycles. The molecule has 0 aliphatic heterocycles. The third-order valence-electron chi connectivity index (χ3n) is 2.12. The van der Waals surface area contributed by atoms with Crippen molar-refractivity contribution in [3.8, 4) is 0 Å². The van der Waals surface area contributed by atoms with Crippen molar-refractivity contribution < 1.29 is 0 Å². The summed E-state index contributed by atoms with van der Waals surface area (Å²) in [5.74, 6) is 0. The lowest BCUT2D eigenvalue weighted by molar-refractivity contribution is 1.28. The second-order valence-corrected chi connectivity index (χ2v) is 4.11. The Labute approximate surface area is 107 Å². The molecule has 92 valence electrons. The van der Waals surface area contributed by atoms with Gasteiger partial charge in [0.25, 0.3) is 0 Å². The van der Waals surface area contributed by atoms with Gasteiger partial charge in [-0.05, 0) is 19.1 Å². The van der Waals surface area contributed by atoms with Crippen molar-refractivity contribution in [2.45, 2.75) is 34.6 Å². The maximum atomic E-state index is 4.43. The molecule has 17 heavy (non-hydrogen) atoms. The van der Waals surface area contributed by atoms with Crippen LogP contribution in [-0.2, 0) is 0 Å². The Morgan fingerprint density at radius 3 is 2.41 bits per heavy atom. The average molecular weight is 248 g/mol. The maximum Gasteiger partial charge on any atom is 0.194 e. The molecular weight excluding hydrogens is 228 g/mol. The third-order valence-corrected chi connectivity index (χ3v) is 3.16. The molecule has 0 N–H and O–H groups in total. The van der Waals surface area contributed by atoms with E-state index in [1.165, 1.54) is 10.2 Å². The van der Waals surface area contributed by atoms with Gasteiger partial charge < -0.3 is 0 Å². The smallest absolute Gasteiger partial charge is 0.194 e. The molecule has 0 atom stereocenters. The Balaban J connectivity index is 0.000000330. The van der Waals surface area contributed by atoms with Gasteiger partial charge in [0.1, 0.15) is 0 Å². The fourth-order valence-corrected chi connectivity index (χ4v) is 2.61. The molecule has 3 heteroatoms. The van der Waals surface area contributed by atoms with E-state index < -0.39 is 0 Å². The summed E-state index contributed by atoms with van der Waals surface area (Å²) in [5.41, 5.74) is 2.33. The molecule has 3 aromatic rings. The first kappa shape index (κ1) is 13.7. The third kappa shape index (κ3) is 2.67. The summed E-state index contributed by atoms with van der Waals surface area (Å²) in [5, 5.41) is 0. The van der Waals surface area contributed by atoms with E-state index in [0.717, 1.165) is 10.7 Å². The molecular formula is C14H20N2S. The monoisotopic (exact) mass is 248 g/mol. The lowest BCUT2D eigenvalue weighted by Crippen LogP contribution is -1.74. The largest absolute Gasteiger partial charge is 0.290 e. The van der Waals surface area contributed by atoms with E-state index >= 15 is 0 Å². The van der Waals surface area contributed by atoms with E-state index in [9.17, 15) is 0 Å². The van der Waals surface area contributed by atoms with Crippen LogP contribution in [0.15, 0.2) is 30.5 Å². The van der Waals surface area contributed by atoms with Gasteiger partial charge >= 0.3 is 0 Å². The van der Waals surface area contributed by atoms with Gasteiger partial charge in [0.05, 0.1) is 15.9 Å². The topological polar surface area (TPSA) is 17.3 Å². The number of nitrogens with zero attached hydrogens (tertiary/aromatic N) is 2.